The van der Waals surface area contributed by atoms with E-state index in [0.717, 1.165) is 11.3 Å². The Morgan fingerprint density at radius 1 is 0.833 bits per heavy atom. The Balaban J connectivity index is 1.76. The van der Waals surface area contributed by atoms with E-state index >= 15 is 0 Å². The summed E-state index contributed by atoms with van der Waals surface area (Å²) in [6, 6.07) is 21.7. The summed E-state index contributed by atoms with van der Waals surface area (Å²) in [5.74, 6) is 0.981. The average molecular weight is 404 g/mol. The highest BCUT2D eigenvalue weighted by molar-refractivity contribution is 6.05. The average Bonchev–Trinajstić information content (AvgIpc) is 2.73. The van der Waals surface area contributed by atoms with Crippen molar-refractivity contribution in [3.63, 3.8) is 0 Å². The Morgan fingerprint density at radius 3 is 2.27 bits per heavy atom. The Labute approximate surface area is 175 Å². The molecule has 0 atom stereocenters. The van der Waals surface area contributed by atoms with Gasteiger partial charge >= 0.3 is 0 Å². The SMILES string of the molecule is CCOc1ccc(C(=O)Nc2cccc(NC(C)=O)c2)cc1COc1ccccc1. The lowest BCUT2D eigenvalue weighted by Gasteiger charge is -2.14. The van der Waals surface area contributed by atoms with Crippen LogP contribution < -0.4 is 20.1 Å². The van der Waals surface area contributed by atoms with E-state index in [9.17, 15) is 9.59 Å². The van der Waals surface area contributed by atoms with Gasteiger partial charge in [0.2, 0.25) is 5.91 Å². The summed E-state index contributed by atoms with van der Waals surface area (Å²) in [7, 11) is 0. The minimum absolute atomic E-state index is 0.173. The quantitative estimate of drug-likeness (QED) is 0.561. The van der Waals surface area contributed by atoms with Crippen molar-refractivity contribution < 1.29 is 19.1 Å². The van der Waals surface area contributed by atoms with Crippen LogP contribution in [0, 0.1) is 0 Å². The van der Waals surface area contributed by atoms with E-state index in [-0.39, 0.29) is 18.4 Å². The van der Waals surface area contributed by atoms with Crippen molar-refractivity contribution in [2.75, 3.05) is 17.2 Å². The van der Waals surface area contributed by atoms with E-state index in [0.29, 0.717) is 29.3 Å². The number of rotatable bonds is 8. The predicted molar refractivity (Wildman–Crippen MR) is 117 cm³/mol. The van der Waals surface area contributed by atoms with E-state index in [4.69, 9.17) is 9.47 Å². The fourth-order valence-electron chi connectivity index (χ4n) is 2.89. The highest BCUT2D eigenvalue weighted by Crippen LogP contribution is 2.24. The second kappa shape index (κ2) is 10.1. The highest BCUT2D eigenvalue weighted by Gasteiger charge is 2.12. The minimum atomic E-state index is -0.265. The molecule has 2 amide bonds. The van der Waals surface area contributed by atoms with Crippen LogP contribution in [-0.4, -0.2) is 18.4 Å². The summed E-state index contributed by atoms with van der Waals surface area (Å²) in [5.41, 5.74) is 2.46. The zero-order valence-corrected chi connectivity index (χ0v) is 17.0. The van der Waals surface area contributed by atoms with Gasteiger partial charge in [-0.25, -0.2) is 0 Å². The number of carbonyl (C=O) groups is 2. The molecule has 0 aliphatic rings. The van der Waals surface area contributed by atoms with Crippen LogP contribution in [0.2, 0.25) is 0 Å². The van der Waals surface area contributed by atoms with Crippen molar-refractivity contribution in [2.24, 2.45) is 0 Å². The molecular weight excluding hydrogens is 380 g/mol. The topological polar surface area (TPSA) is 76.7 Å². The first-order valence-corrected chi connectivity index (χ1v) is 9.67. The number of hydrogen-bond acceptors (Lipinski definition) is 4. The Kier molecular flexibility index (Phi) is 7.05. The molecule has 0 saturated heterocycles. The van der Waals surface area contributed by atoms with E-state index in [1.54, 1.807) is 42.5 Å². The lowest BCUT2D eigenvalue weighted by atomic mass is 10.1. The maximum absolute atomic E-state index is 12.8. The van der Waals surface area contributed by atoms with E-state index in [1.165, 1.54) is 6.92 Å². The monoisotopic (exact) mass is 404 g/mol. The van der Waals surface area contributed by atoms with Crippen LogP contribution in [0.3, 0.4) is 0 Å². The molecular formula is C24H24N2O4. The summed E-state index contributed by atoms with van der Waals surface area (Å²) in [4.78, 5) is 24.0. The fraction of sp³-hybridized carbons (Fsp3) is 0.167. The van der Waals surface area contributed by atoms with Crippen LogP contribution in [0.4, 0.5) is 11.4 Å². The number of hydrogen-bond donors (Lipinski definition) is 2. The lowest BCUT2D eigenvalue weighted by molar-refractivity contribution is -0.114. The number of benzene rings is 3. The van der Waals surface area contributed by atoms with Crippen molar-refractivity contribution in [1.82, 2.24) is 0 Å². The Hall–Kier alpha value is -3.80. The van der Waals surface area contributed by atoms with Gasteiger partial charge in [0.1, 0.15) is 18.1 Å². The molecule has 154 valence electrons. The van der Waals surface area contributed by atoms with Gasteiger partial charge in [0.15, 0.2) is 0 Å². The van der Waals surface area contributed by atoms with Gasteiger partial charge in [0, 0.05) is 29.4 Å². The van der Waals surface area contributed by atoms with Crippen LogP contribution in [0.5, 0.6) is 11.5 Å². The van der Waals surface area contributed by atoms with E-state index in [1.807, 2.05) is 37.3 Å². The summed E-state index contributed by atoms with van der Waals surface area (Å²) >= 11 is 0. The lowest BCUT2D eigenvalue weighted by Crippen LogP contribution is -2.13. The standard InChI is InChI=1S/C24H24N2O4/c1-3-29-23-13-12-18(14-19(23)16-30-22-10-5-4-6-11-22)24(28)26-21-9-7-8-20(15-21)25-17(2)27/h4-15H,3,16H2,1-2H3,(H,25,27)(H,26,28). The molecule has 6 heteroatoms. The Bertz CT molecular complexity index is 1020. The number of para-hydroxylation sites is 1. The molecule has 6 nitrogen and oxygen atoms in total. The molecule has 0 saturated carbocycles. The second-order valence-electron chi connectivity index (χ2n) is 6.57. The molecule has 3 aromatic rings. The summed E-state index contributed by atoms with van der Waals surface area (Å²) in [5, 5.41) is 5.55. The molecule has 0 spiro atoms. The number of nitrogens with one attached hydrogen (secondary N) is 2. The first kappa shape index (κ1) is 20.9. The number of anilines is 2. The van der Waals surface area contributed by atoms with Gasteiger partial charge in [-0.1, -0.05) is 24.3 Å². The molecule has 0 bridgehead atoms. The highest BCUT2D eigenvalue weighted by atomic mass is 16.5. The second-order valence-corrected chi connectivity index (χ2v) is 6.57. The minimum Gasteiger partial charge on any atom is -0.493 e. The molecule has 0 aliphatic heterocycles. The zero-order chi connectivity index (χ0) is 21.3. The van der Waals surface area contributed by atoms with Gasteiger partial charge in [0.05, 0.1) is 6.61 Å². The third-order valence-corrected chi connectivity index (χ3v) is 4.20. The molecule has 3 rings (SSSR count). The van der Waals surface area contributed by atoms with Crippen molar-refractivity contribution in [3.8, 4) is 11.5 Å². The van der Waals surface area contributed by atoms with Crippen LogP contribution in [0.25, 0.3) is 0 Å². The van der Waals surface area contributed by atoms with Crippen molar-refractivity contribution in [1.29, 1.82) is 0 Å². The van der Waals surface area contributed by atoms with Crippen LogP contribution in [0.1, 0.15) is 29.8 Å². The van der Waals surface area contributed by atoms with Gasteiger partial charge in [-0.15, -0.1) is 0 Å². The molecule has 0 aromatic heterocycles. The third-order valence-electron chi connectivity index (χ3n) is 4.20. The Morgan fingerprint density at radius 2 is 1.57 bits per heavy atom. The maximum Gasteiger partial charge on any atom is 0.255 e. The molecule has 0 unspecified atom stereocenters. The summed E-state index contributed by atoms with van der Waals surface area (Å²) < 4.78 is 11.5. The van der Waals surface area contributed by atoms with Crippen molar-refractivity contribution in [2.45, 2.75) is 20.5 Å². The number of ether oxygens (including phenoxy) is 2. The fourth-order valence-corrected chi connectivity index (χ4v) is 2.89. The van der Waals surface area contributed by atoms with E-state index < -0.39 is 0 Å². The van der Waals surface area contributed by atoms with Gasteiger partial charge in [-0.3, -0.25) is 9.59 Å². The van der Waals surface area contributed by atoms with Crippen molar-refractivity contribution >= 4 is 23.2 Å². The van der Waals surface area contributed by atoms with Crippen molar-refractivity contribution in [3.05, 3.63) is 83.9 Å². The van der Waals surface area contributed by atoms with Crippen LogP contribution in [0.15, 0.2) is 72.8 Å². The van der Waals surface area contributed by atoms with Gasteiger partial charge in [0.25, 0.3) is 5.91 Å². The van der Waals surface area contributed by atoms with Crippen LogP contribution in [-0.2, 0) is 11.4 Å². The summed E-state index contributed by atoms with van der Waals surface area (Å²) in [6.07, 6.45) is 0. The molecule has 0 heterocycles. The first-order valence-electron chi connectivity index (χ1n) is 9.67. The normalized spacial score (nSPS) is 10.2. The smallest absolute Gasteiger partial charge is 0.255 e. The van der Waals surface area contributed by atoms with Gasteiger partial charge < -0.3 is 20.1 Å². The largest absolute Gasteiger partial charge is 0.493 e. The number of amides is 2. The number of carbonyl (C=O) groups excluding carboxylic acids is 2. The molecule has 30 heavy (non-hydrogen) atoms. The first-order chi connectivity index (χ1) is 14.5. The molecule has 3 aromatic carbocycles. The van der Waals surface area contributed by atoms with Crippen LogP contribution >= 0.6 is 0 Å². The molecule has 2 N–H and O–H groups in total. The maximum atomic E-state index is 12.8. The van der Waals surface area contributed by atoms with Gasteiger partial charge in [-0.05, 0) is 55.5 Å². The zero-order valence-electron chi connectivity index (χ0n) is 17.0. The summed E-state index contributed by atoms with van der Waals surface area (Å²) in [6.45, 7) is 4.13. The van der Waals surface area contributed by atoms with E-state index in [2.05, 4.69) is 10.6 Å². The molecule has 0 radical (unpaired) electrons. The van der Waals surface area contributed by atoms with Gasteiger partial charge in [-0.2, -0.15) is 0 Å². The molecule has 0 aliphatic carbocycles. The molecule has 0 fully saturated rings. The third kappa shape index (κ3) is 5.85. The predicted octanol–water partition coefficient (Wildman–Crippen LogP) is 4.88.